The van der Waals surface area contributed by atoms with Crippen LogP contribution in [0.4, 0.5) is 4.79 Å². The van der Waals surface area contributed by atoms with Crippen molar-refractivity contribution in [3.8, 4) is 5.75 Å². The summed E-state index contributed by atoms with van der Waals surface area (Å²) in [7, 11) is 0. The first-order chi connectivity index (χ1) is 13.2. The summed E-state index contributed by atoms with van der Waals surface area (Å²) in [5.74, 6) is -0.642. The molecule has 0 bridgehead atoms. The molecule has 1 unspecified atom stereocenters. The smallest absolute Gasteiger partial charge is 0.407 e. The van der Waals surface area contributed by atoms with Crippen molar-refractivity contribution in [3.63, 3.8) is 0 Å². The van der Waals surface area contributed by atoms with E-state index >= 15 is 0 Å². The standard InChI is InChI=1S/C20H29N3O5/c1-20(2,3)28-19(27)22-12-15-8-4-5-10-23(15)17(25)13-21-18(26)14-7-6-9-16(24)11-14/h6-7,9,11,15,24H,4-5,8,10,12-13H2,1-3H3,(H,21,26)(H,22,27). The Kier molecular flexibility index (Phi) is 7.25. The number of alkyl carbamates (subject to hydrolysis) is 1. The van der Waals surface area contributed by atoms with Crippen LogP contribution >= 0.6 is 0 Å². The van der Waals surface area contributed by atoms with Gasteiger partial charge in [0.1, 0.15) is 11.4 Å². The molecule has 28 heavy (non-hydrogen) atoms. The van der Waals surface area contributed by atoms with E-state index in [0.717, 1.165) is 19.3 Å². The van der Waals surface area contributed by atoms with Gasteiger partial charge in [-0.3, -0.25) is 9.59 Å². The van der Waals surface area contributed by atoms with Crippen molar-refractivity contribution in [1.29, 1.82) is 0 Å². The molecule has 8 heteroatoms. The van der Waals surface area contributed by atoms with Gasteiger partial charge in [0.2, 0.25) is 5.91 Å². The normalized spacial score (nSPS) is 17.0. The lowest BCUT2D eigenvalue weighted by atomic mass is 10.0. The molecule has 1 aromatic carbocycles. The third kappa shape index (κ3) is 6.75. The molecule has 1 fully saturated rings. The Bertz CT molecular complexity index is 714. The summed E-state index contributed by atoms with van der Waals surface area (Å²) in [6.07, 6.45) is 2.12. The number of nitrogens with one attached hydrogen (secondary N) is 2. The zero-order chi connectivity index (χ0) is 20.7. The summed E-state index contributed by atoms with van der Waals surface area (Å²) in [5.41, 5.74) is -0.294. The Labute approximate surface area is 165 Å². The topological polar surface area (TPSA) is 108 Å². The summed E-state index contributed by atoms with van der Waals surface area (Å²) in [6, 6.07) is 5.81. The van der Waals surface area contributed by atoms with Crippen LogP contribution in [-0.2, 0) is 9.53 Å². The second kappa shape index (κ2) is 9.43. The predicted octanol–water partition coefficient (Wildman–Crippen LogP) is 2.03. The molecule has 154 valence electrons. The van der Waals surface area contributed by atoms with E-state index in [2.05, 4.69) is 10.6 Å². The Hall–Kier alpha value is -2.77. The van der Waals surface area contributed by atoms with Crippen LogP contribution in [0.3, 0.4) is 0 Å². The van der Waals surface area contributed by atoms with Gasteiger partial charge in [-0.1, -0.05) is 6.07 Å². The predicted molar refractivity (Wildman–Crippen MR) is 104 cm³/mol. The minimum atomic E-state index is -0.581. The van der Waals surface area contributed by atoms with Crippen molar-refractivity contribution in [3.05, 3.63) is 29.8 Å². The second-order valence-corrected chi connectivity index (χ2v) is 7.85. The van der Waals surface area contributed by atoms with Gasteiger partial charge in [0.05, 0.1) is 6.54 Å². The van der Waals surface area contributed by atoms with E-state index in [9.17, 15) is 19.5 Å². The van der Waals surface area contributed by atoms with Crippen LogP contribution in [0.1, 0.15) is 50.4 Å². The molecular weight excluding hydrogens is 362 g/mol. The molecule has 0 aromatic heterocycles. The summed E-state index contributed by atoms with van der Waals surface area (Å²) in [6.45, 7) is 6.12. The van der Waals surface area contributed by atoms with Crippen molar-refractivity contribution in [2.45, 2.75) is 51.7 Å². The van der Waals surface area contributed by atoms with E-state index in [-0.39, 0.29) is 29.8 Å². The Morgan fingerprint density at radius 3 is 2.64 bits per heavy atom. The summed E-state index contributed by atoms with van der Waals surface area (Å²) >= 11 is 0. The van der Waals surface area contributed by atoms with Crippen molar-refractivity contribution in [2.24, 2.45) is 0 Å². The number of nitrogens with zero attached hydrogens (tertiary/aromatic N) is 1. The molecule has 1 atom stereocenters. The van der Waals surface area contributed by atoms with Gasteiger partial charge in [-0.15, -0.1) is 0 Å². The third-order valence-corrected chi connectivity index (χ3v) is 4.34. The minimum Gasteiger partial charge on any atom is -0.508 e. The van der Waals surface area contributed by atoms with E-state index in [4.69, 9.17) is 4.74 Å². The molecule has 0 saturated carbocycles. The number of amides is 3. The third-order valence-electron chi connectivity index (χ3n) is 4.34. The van der Waals surface area contributed by atoms with Gasteiger partial charge >= 0.3 is 6.09 Å². The molecule has 3 amide bonds. The van der Waals surface area contributed by atoms with Crippen LogP contribution < -0.4 is 10.6 Å². The maximum Gasteiger partial charge on any atom is 0.407 e. The maximum atomic E-state index is 12.6. The molecule has 0 aliphatic carbocycles. The lowest BCUT2D eigenvalue weighted by molar-refractivity contribution is -0.133. The summed E-state index contributed by atoms with van der Waals surface area (Å²) < 4.78 is 5.23. The van der Waals surface area contributed by atoms with E-state index in [1.807, 2.05) is 0 Å². The molecule has 1 saturated heterocycles. The van der Waals surface area contributed by atoms with Gasteiger partial charge in [0, 0.05) is 24.7 Å². The summed E-state index contributed by atoms with van der Waals surface area (Å²) in [4.78, 5) is 38.3. The number of piperidine rings is 1. The zero-order valence-corrected chi connectivity index (χ0v) is 16.7. The average molecular weight is 391 g/mol. The molecule has 0 radical (unpaired) electrons. The van der Waals surface area contributed by atoms with E-state index < -0.39 is 17.6 Å². The van der Waals surface area contributed by atoms with Crippen LogP contribution in [0, 0.1) is 0 Å². The molecule has 1 aromatic rings. The number of phenolic OH excluding ortho intramolecular Hbond substituents is 1. The number of phenols is 1. The fourth-order valence-corrected chi connectivity index (χ4v) is 3.06. The molecule has 1 heterocycles. The van der Waals surface area contributed by atoms with Crippen molar-refractivity contribution >= 4 is 17.9 Å². The van der Waals surface area contributed by atoms with Gasteiger partial charge in [-0.25, -0.2) is 4.79 Å². The molecule has 0 spiro atoms. The van der Waals surface area contributed by atoms with Crippen molar-refractivity contribution < 1.29 is 24.2 Å². The van der Waals surface area contributed by atoms with Gasteiger partial charge in [-0.05, 0) is 58.2 Å². The van der Waals surface area contributed by atoms with Crippen molar-refractivity contribution in [2.75, 3.05) is 19.6 Å². The van der Waals surface area contributed by atoms with E-state index in [1.165, 1.54) is 12.1 Å². The average Bonchev–Trinajstić information content (AvgIpc) is 2.63. The van der Waals surface area contributed by atoms with Gasteiger partial charge in [0.15, 0.2) is 0 Å². The highest BCUT2D eigenvalue weighted by Crippen LogP contribution is 2.17. The zero-order valence-electron chi connectivity index (χ0n) is 16.7. The van der Waals surface area contributed by atoms with Crippen molar-refractivity contribution in [1.82, 2.24) is 15.5 Å². The highest BCUT2D eigenvalue weighted by molar-refractivity contribution is 5.96. The molecule has 1 aliphatic heterocycles. The Morgan fingerprint density at radius 1 is 1.21 bits per heavy atom. The number of hydrogen-bond donors (Lipinski definition) is 3. The van der Waals surface area contributed by atoms with E-state index in [1.54, 1.807) is 37.8 Å². The number of hydrogen-bond acceptors (Lipinski definition) is 5. The summed E-state index contributed by atoms with van der Waals surface area (Å²) in [5, 5.41) is 14.8. The second-order valence-electron chi connectivity index (χ2n) is 7.85. The van der Waals surface area contributed by atoms with Crippen LogP contribution in [-0.4, -0.2) is 59.2 Å². The first kappa shape index (κ1) is 21.5. The van der Waals surface area contributed by atoms with Gasteiger partial charge < -0.3 is 25.4 Å². The molecule has 3 N–H and O–H groups in total. The Balaban J connectivity index is 1.87. The molecule has 1 aliphatic rings. The van der Waals surface area contributed by atoms with Crippen LogP contribution in [0.15, 0.2) is 24.3 Å². The molecule has 2 rings (SSSR count). The maximum absolute atomic E-state index is 12.6. The number of benzene rings is 1. The number of ether oxygens (including phenoxy) is 1. The number of likely N-dealkylation sites (tertiary alicyclic amines) is 1. The van der Waals surface area contributed by atoms with Gasteiger partial charge in [-0.2, -0.15) is 0 Å². The fourth-order valence-electron chi connectivity index (χ4n) is 3.06. The largest absolute Gasteiger partial charge is 0.508 e. The highest BCUT2D eigenvalue weighted by Gasteiger charge is 2.28. The molecule has 8 nitrogen and oxygen atoms in total. The fraction of sp³-hybridized carbons (Fsp3) is 0.550. The minimum absolute atomic E-state index is 0.0108. The number of rotatable bonds is 5. The van der Waals surface area contributed by atoms with Crippen LogP contribution in [0.2, 0.25) is 0 Å². The van der Waals surface area contributed by atoms with Crippen LogP contribution in [0.25, 0.3) is 0 Å². The monoisotopic (exact) mass is 391 g/mol. The number of carbonyl (C=O) groups is 3. The highest BCUT2D eigenvalue weighted by atomic mass is 16.6. The SMILES string of the molecule is CC(C)(C)OC(=O)NCC1CCCCN1C(=O)CNC(=O)c1cccc(O)c1. The Morgan fingerprint density at radius 2 is 1.96 bits per heavy atom. The first-order valence-corrected chi connectivity index (χ1v) is 9.49. The lowest BCUT2D eigenvalue weighted by Gasteiger charge is -2.36. The van der Waals surface area contributed by atoms with Gasteiger partial charge in [0.25, 0.3) is 5.91 Å². The number of carbonyl (C=O) groups excluding carboxylic acids is 3. The van der Waals surface area contributed by atoms with E-state index in [0.29, 0.717) is 13.1 Å². The quantitative estimate of drug-likeness (QED) is 0.712. The lowest BCUT2D eigenvalue weighted by Crippen LogP contribution is -2.52. The van der Waals surface area contributed by atoms with Crippen LogP contribution in [0.5, 0.6) is 5.75 Å². The number of aromatic hydroxyl groups is 1. The molecular formula is C20H29N3O5. The first-order valence-electron chi connectivity index (χ1n) is 9.49.